The van der Waals surface area contributed by atoms with Crippen molar-refractivity contribution in [2.75, 3.05) is 6.61 Å². The molecule has 1 aliphatic heterocycles. The van der Waals surface area contributed by atoms with E-state index in [1.54, 1.807) is 6.07 Å². The van der Waals surface area contributed by atoms with Crippen molar-refractivity contribution < 1.29 is 38.0 Å². The average Bonchev–Trinajstić information content (AvgIpc) is 2.91. The first-order valence-electron chi connectivity index (χ1n) is 12.0. The smallest absolute Gasteiger partial charge is 0.416 e. The van der Waals surface area contributed by atoms with Crippen LogP contribution < -0.4 is 0 Å². The number of carboxylic acids is 1. The van der Waals surface area contributed by atoms with Crippen molar-refractivity contribution in [3.8, 4) is 0 Å². The largest absolute Gasteiger partial charge is 0.481 e. The molecule has 3 rings (SSSR count). The lowest BCUT2D eigenvalue weighted by molar-refractivity contribution is -0.138. The first-order valence-corrected chi connectivity index (χ1v) is 12.0. The molecule has 2 fully saturated rings. The third kappa shape index (κ3) is 7.69. The Labute approximate surface area is 193 Å². The van der Waals surface area contributed by atoms with Crippen LogP contribution in [0, 0.1) is 17.8 Å². The van der Waals surface area contributed by atoms with Gasteiger partial charge in [-0.25, -0.2) is 0 Å². The maximum atomic E-state index is 12.9. The highest BCUT2D eigenvalue weighted by Crippen LogP contribution is 2.43. The van der Waals surface area contributed by atoms with Crippen LogP contribution in [0.25, 0.3) is 0 Å². The van der Waals surface area contributed by atoms with E-state index in [9.17, 15) is 28.2 Å². The third-order valence-corrected chi connectivity index (χ3v) is 7.31. The van der Waals surface area contributed by atoms with E-state index in [-0.39, 0.29) is 24.4 Å². The fourth-order valence-electron chi connectivity index (χ4n) is 5.45. The normalized spacial score (nSPS) is 28.8. The molecule has 33 heavy (non-hydrogen) atoms. The van der Waals surface area contributed by atoms with E-state index in [1.807, 2.05) is 0 Å². The van der Waals surface area contributed by atoms with Crippen LogP contribution in [0.1, 0.15) is 68.9 Å². The number of aliphatic carboxylic acids is 1. The van der Waals surface area contributed by atoms with Gasteiger partial charge in [-0.1, -0.05) is 18.2 Å². The van der Waals surface area contributed by atoms with Crippen LogP contribution in [-0.2, 0) is 22.1 Å². The molecule has 0 unspecified atom stereocenters. The number of rotatable bonds is 10. The van der Waals surface area contributed by atoms with Gasteiger partial charge >= 0.3 is 12.1 Å². The summed E-state index contributed by atoms with van der Waals surface area (Å²) in [6, 6.07) is 5.21. The summed E-state index contributed by atoms with van der Waals surface area (Å²) in [4.78, 5) is 10.7. The van der Waals surface area contributed by atoms with E-state index >= 15 is 0 Å². The minimum atomic E-state index is -4.38. The van der Waals surface area contributed by atoms with Crippen molar-refractivity contribution >= 4 is 5.97 Å². The molecule has 1 heterocycles. The summed E-state index contributed by atoms with van der Waals surface area (Å²) in [7, 11) is 0. The lowest BCUT2D eigenvalue weighted by Gasteiger charge is -2.24. The second-order valence-electron chi connectivity index (χ2n) is 9.70. The number of halogens is 3. The number of aliphatic hydroxyl groups is 2. The van der Waals surface area contributed by atoms with Crippen LogP contribution in [0.15, 0.2) is 24.3 Å². The molecule has 1 aromatic carbocycles. The summed E-state index contributed by atoms with van der Waals surface area (Å²) in [5, 5.41) is 29.8. The average molecular weight is 473 g/mol. The van der Waals surface area contributed by atoms with Gasteiger partial charge < -0.3 is 20.1 Å². The molecule has 8 heteroatoms. The monoisotopic (exact) mass is 472 g/mol. The number of aliphatic hydroxyl groups excluding tert-OH is 2. The Hall–Kier alpha value is -1.64. The second kappa shape index (κ2) is 11.7. The van der Waals surface area contributed by atoms with Crippen LogP contribution >= 0.6 is 0 Å². The number of alkyl halides is 3. The Morgan fingerprint density at radius 2 is 1.97 bits per heavy atom. The molecule has 0 radical (unpaired) electrons. The molecule has 186 valence electrons. The quantitative estimate of drug-likeness (QED) is 0.454. The molecule has 0 aromatic heterocycles. The summed E-state index contributed by atoms with van der Waals surface area (Å²) in [5.74, 6) is -0.182. The number of hydrogen-bond acceptors (Lipinski definition) is 4. The standard InChI is InChI=1S/C25H35F3O5/c26-25(27,28)18-5-1-3-16(13-18)7-9-19(29)10-12-20-21-11-8-17(4-2-6-24(31)32)15-33-23(21)14-22(20)30/h1,3,5,13,17,19-23,29-30H,2,4,6-12,14-15H2,(H,31,32)/t17-,19+,20+,21+,22+,23-/m0/s1. The van der Waals surface area contributed by atoms with Gasteiger partial charge in [-0.2, -0.15) is 13.2 Å². The molecular weight excluding hydrogens is 437 g/mol. The third-order valence-electron chi connectivity index (χ3n) is 7.31. The minimum absolute atomic E-state index is 0.00303. The molecule has 5 nitrogen and oxygen atoms in total. The van der Waals surface area contributed by atoms with E-state index in [4.69, 9.17) is 9.84 Å². The molecule has 3 N–H and O–H groups in total. The molecule has 1 aliphatic carbocycles. The van der Waals surface area contributed by atoms with Gasteiger partial charge in [0.15, 0.2) is 0 Å². The van der Waals surface area contributed by atoms with Crippen molar-refractivity contribution in [1.29, 1.82) is 0 Å². The lowest BCUT2D eigenvalue weighted by atomic mass is 9.83. The summed E-state index contributed by atoms with van der Waals surface area (Å²) in [6.07, 6.45) is 0.483. The van der Waals surface area contributed by atoms with Gasteiger partial charge in [-0.3, -0.25) is 4.79 Å². The number of benzene rings is 1. The predicted octanol–water partition coefficient (Wildman–Crippen LogP) is 4.83. The molecule has 1 saturated carbocycles. The molecule has 1 aromatic rings. The second-order valence-corrected chi connectivity index (χ2v) is 9.70. The zero-order chi connectivity index (χ0) is 24.0. The molecule has 1 saturated heterocycles. The predicted molar refractivity (Wildman–Crippen MR) is 117 cm³/mol. The number of ether oxygens (including phenoxy) is 1. The zero-order valence-corrected chi connectivity index (χ0v) is 18.8. The molecule has 0 bridgehead atoms. The SMILES string of the molecule is O=C(O)CCC[C@H]1CC[C@@H]2[C@@H](CC[C@H](O)CCc3cccc(C(F)(F)F)c3)[C@H](O)C[C@@H]2OC1. The number of carboxylic acid groups (broad SMARTS) is 1. The topological polar surface area (TPSA) is 87.0 Å². The number of fused-ring (bicyclic) bond motifs is 1. The highest BCUT2D eigenvalue weighted by molar-refractivity contribution is 5.66. The fourth-order valence-corrected chi connectivity index (χ4v) is 5.45. The summed E-state index contributed by atoms with van der Waals surface area (Å²) in [6.45, 7) is 0.597. The van der Waals surface area contributed by atoms with E-state index in [0.29, 0.717) is 56.6 Å². The van der Waals surface area contributed by atoms with Crippen molar-refractivity contribution in [2.24, 2.45) is 17.8 Å². The van der Waals surface area contributed by atoms with Gasteiger partial charge in [0.25, 0.3) is 0 Å². The highest BCUT2D eigenvalue weighted by atomic mass is 19.4. The maximum absolute atomic E-state index is 12.9. The van der Waals surface area contributed by atoms with E-state index in [2.05, 4.69) is 0 Å². The summed E-state index contributed by atoms with van der Waals surface area (Å²) < 4.78 is 44.7. The molecule has 0 spiro atoms. The fraction of sp³-hybridized carbons (Fsp3) is 0.720. The summed E-state index contributed by atoms with van der Waals surface area (Å²) in [5.41, 5.74) is -0.125. The molecular formula is C25H35F3O5. The Morgan fingerprint density at radius 1 is 1.18 bits per heavy atom. The Morgan fingerprint density at radius 3 is 2.70 bits per heavy atom. The van der Waals surface area contributed by atoms with Crippen molar-refractivity contribution in [1.82, 2.24) is 0 Å². The van der Waals surface area contributed by atoms with Gasteiger partial charge in [0, 0.05) is 19.4 Å². The van der Waals surface area contributed by atoms with Gasteiger partial charge in [0.1, 0.15) is 0 Å². The Balaban J connectivity index is 1.45. The van der Waals surface area contributed by atoms with Crippen LogP contribution in [0.2, 0.25) is 0 Å². The van der Waals surface area contributed by atoms with Gasteiger partial charge in [0.05, 0.1) is 23.9 Å². The number of carbonyl (C=O) groups is 1. The van der Waals surface area contributed by atoms with Crippen LogP contribution in [0.5, 0.6) is 0 Å². The van der Waals surface area contributed by atoms with Crippen LogP contribution in [-0.4, -0.2) is 46.2 Å². The minimum Gasteiger partial charge on any atom is -0.481 e. The van der Waals surface area contributed by atoms with Gasteiger partial charge in [0.2, 0.25) is 0 Å². The zero-order valence-electron chi connectivity index (χ0n) is 18.8. The molecule has 0 amide bonds. The first-order chi connectivity index (χ1) is 15.6. The highest BCUT2D eigenvalue weighted by Gasteiger charge is 2.44. The van der Waals surface area contributed by atoms with Crippen molar-refractivity contribution in [3.63, 3.8) is 0 Å². The number of aryl methyl sites for hydroxylation is 1. The van der Waals surface area contributed by atoms with E-state index in [1.165, 1.54) is 6.07 Å². The Kier molecular flexibility index (Phi) is 9.18. The lowest BCUT2D eigenvalue weighted by Crippen LogP contribution is -2.24. The van der Waals surface area contributed by atoms with E-state index < -0.39 is 29.9 Å². The molecule has 2 aliphatic rings. The summed E-state index contributed by atoms with van der Waals surface area (Å²) >= 11 is 0. The molecule has 6 atom stereocenters. The Bertz CT molecular complexity index is 769. The number of hydrogen-bond donors (Lipinski definition) is 3. The maximum Gasteiger partial charge on any atom is 0.416 e. The first kappa shape index (κ1) is 26.0. The van der Waals surface area contributed by atoms with Crippen LogP contribution in [0.4, 0.5) is 13.2 Å². The van der Waals surface area contributed by atoms with Crippen molar-refractivity contribution in [2.45, 2.75) is 88.7 Å². The van der Waals surface area contributed by atoms with E-state index in [0.717, 1.165) is 31.4 Å². The van der Waals surface area contributed by atoms with Gasteiger partial charge in [-0.15, -0.1) is 0 Å². The van der Waals surface area contributed by atoms with Crippen LogP contribution in [0.3, 0.4) is 0 Å². The van der Waals surface area contributed by atoms with Gasteiger partial charge in [-0.05, 0) is 80.8 Å². The van der Waals surface area contributed by atoms with Crippen molar-refractivity contribution in [3.05, 3.63) is 35.4 Å².